The zero-order chi connectivity index (χ0) is 14.7. The van der Waals surface area contributed by atoms with Gasteiger partial charge in [0.2, 0.25) is 0 Å². The van der Waals surface area contributed by atoms with Crippen LogP contribution in [0.1, 0.15) is 30.5 Å². The van der Waals surface area contributed by atoms with Crippen molar-refractivity contribution >= 4 is 5.69 Å². The number of methoxy groups -OCH3 is 1. The van der Waals surface area contributed by atoms with Gasteiger partial charge >= 0.3 is 0 Å². The maximum atomic E-state index is 5.47. The second-order valence-electron chi connectivity index (χ2n) is 5.26. The third kappa shape index (κ3) is 2.97. The zero-order valence-corrected chi connectivity index (χ0v) is 12.6. The number of rotatable bonds is 5. The maximum Gasteiger partial charge on any atom is 0.119 e. The first-order chi connectivity index (χ1) is 10.3. The van der Waals surface area contributed by atoms with E-state index in [0.717, 1.165) is 30.0 Å². The molecule has 21 heavy (non-hydrogen) atoms. The van der Waals surface area contributed by atoms with Gasteiger partial charge in [-0.3, -0.25) is 0 Å². The predicted molar refractivity (Wildman–Crippen MR) is 85.3 cm³/mol. The summed E-state index contributed by atoms with van der Waals surface area (Å²) in [6.07, 6.45) is 2.24. The summed E-state index contributed by atoms with van der Waals surface area (Å²) in [6, 6.07) is 14.9. The van der Waals surface area contributed by atoms with Crippen molar-refractivity contribution in [1.82, 2.24) is 0 Å². The molecule has 0 aliphatic heterocycles. The number of benzene rings is 2. The predicted octanol–water partition coefficient (Wildman–Crippen LogP) is 4.19. The lowest BCUT2D eigenvalue weighted by atomic mass is 10.1. The average molecular weight is 283 g/mol. The van der Waals surface area contributed by atoms with Crippen LogP contribution >= 0.6 is 0 Å². The number of nitrogens with one attached hydrogen (secondary N) is 1. The van der Waals surface area contributed by atoms with Crippen LogP contribution in [0.15, 0.2) is 42.5 Å². The van der Waals surface area contributed by atoms with Crippen LogP contribution in [0.25, 0.3) is 0 Å². The molecule has 1 aliphatic rings. The number of fused-ring (bicyclic) bond motifs is 1. The Kier molecular flexibility index (Phi) is 4.00. The fourth-order valence-electron chi connectivity index (χ4n) is 2.87. The summed E-state index contributed by atoms with van der Waals surface area (Å²) in [5, 5.41) is 3.61. The number of anilines is 1. The first kappa shape index (κ1) is 13.8. The smallest absolute Gasteiger partial charge is 0.119 e. The summed E-state index contributed by atoms with van der Waals surface area (Å²) < 4.78 is 10.8. The van der Waals surface area contributed by atoms with Gasteiger partial charge in [0, 0.05) is 5.69 Å². The Bertz CT molecular complexity index is 607. The monoisotopic (exact) mass is 283 g/mol. The molecule has 3 heteroatoms. The fraction of sp³-hybridized carbons (Fsp3) is 0.333. The molecule has 1 aliphatic carbocycles. The summed E-state index contributed by atoms with van der Waals surface area (Å²) in [5.41, 5.74) is 3.89. The standard InChI is InChI=1S/C18H21NO2/c1-3-21-15-9-6-14(7-10-15)19-18-11-5-13-4-8-16(20-2)12-17(13)18/h4,6-10,12,18-19H,3,5,11H2,1-2H3. The molecule has 3 rings (SSSR count). The van der Waals surface area contributed by atoms with Crippen LogP contribution < -0.4 is 14.8 Å². The second kappa shape index (κ2) is 6.08. The molecule has 0 radical (unpaired) electrons. The van der Waals surface area contributed by atoms with E-state index in [0.29, 0.717) is 12.6 Å². The lowest BCUT2D eigenvalue weighted by molar-refractivity contribution is 0.340. The normalized spacial score (nSPS) is 16.4. The summed E-state index contributed by atoms with van der Waals surface area (Å²) in [4.78, 5) is 0. The molecule has 0 saturated carbocycles. The molecule has 0 spiro atoms. The van der Waals surface area contributed by atoms with Crippen LogP contribution in [-0.2, 0) is 6.42 Å². The van der Waals surface area contributed by atoms with Crippen molar-refractivity contribution in [2.24, 2.45) is 0 Å². The largest absolute Gasteiger partial charge is 0.497 e. The Morgan fingerprint density at radius 2 is 1.86 bits per heavy atom. The van der Waals surface area contributed by atoms with Crippen LogP contribution in [0.5, 0.6) is 11.5 Å². The molecule has 0 heterocycles. The van der Waals surface area contributed by atoms with Gasteiger partial charge in [-0.1, -0.05) is 6.07 Å². The van der Waals surface area contributed by atoms with E-state index in [-0.39, 0.29) is 0 Å². The number of hydrogen-bond acceptors (Lipinski definition) is 3. The van der Waals surface area contributed by atoms with E-state index in [2.05, 4.69) is 29.6 Å². The van der Waals surface area contributed by atoms with E-state index in [1.807, 2.05) is 25.1 Å². The summed E-state index contributed by atoms with van der Waals surface area (Å²) in [5.74, 6) is 1.84. The fourth-order valence-corrected chi connectivity index (χ4v) is 2.87. The summed E-state index contributed by atoms with van der Waals surface area (Å²) >= 11 is 0. The Morgan fingerprint density at radius 1 is 1.10 bits per heavy atom. The molecule has 1 N–H and O–H groups in total. The van der Waals surface area contributed by atoms with Crippen LogP contribution in [0, 0.1) is 0 Å². The van der Waals surface area contributed by atoms with E-state index in [9.17, 15) is 0 Å². The SMILES string of the molecule is CCOc1ccc(NC2CCc3ccc(OC)cc32)cc1. The number of ether oxygens (including phenoxy) is 2. The molecule has 0 fully saturated rings. The van der Waals surface area contributed by atoms with E-state index in [4.69, 9.17) is 9.47 Å². The minimum atomic E-state index is 0.355. The molecule has 0 aromatic heterocycles. The Labute approximate surface area is 125 Å². The minimum absolute atomic E-state index is 0.355. The van der Waals surface area contributed by atoms with Gasteiger partial charge in [-0.05, 0) is 67.3 Å². The Morgan fingerprint density at radius 3 is 2.57 bits per heavy atom. The van der Waals surface area contributed by atoms with Crippen LogP contribution in [0.4, 0.5) is 5.69 Å². The Hall–Kier alpha value is -2.16. The minimum Gasteiger partial charge on any atom is -0.497 e. The van der Waals surface area contributed by atoms with Gasteiger partial charge in [-0.25, -0.2) is 0 Å². The first-order valence-corrected chi connectivity index (χ1v) is 7.46. The summed E-state index contributed by atoms with van der Waals surface area (Å²) in [7, 11) is 1.71. The van der Waals surface area contributed by atoms with Gasteiger partial charge in [0.05, 0.1) is 19.8 Å². The molecule has 1 atom stereocenters. The van der Waals surface area contributed by atoms with Crippen molar-refractivity contribution in [2.75, 3.05) is 19.0 Å². The van der Waals surface area contributed by atoms with Crippen LogP contribution in [-0.4, -0.2) is 13.7 Å². The van der Waals surface area contributed by atoms with Gasteiger partial charge in [0.25, 0.3) is 0 Å². The van der Waals surface area contributed by atoms with Gasteiger partial charge in [-0.2, -0.15) is 0 Å². The molecule has 0 bridgehead atoms. The van der Waals surface area contributed by atoms with Crippen molar-refractivity contribution < 1.29 is 9.47 Å². The highest BCUT2D eigenvalue weighted by Gasteiger charge is 2.22. The lowest BCUT2D eigenvalue weighted by Gasteiger charge is -2.16. The van der Waals surface area contributed by atoms with Crippen LogP contribution in [0.2, 0.25) is 0 Å². The maximum absolute atomic E-state index is 5.47. The highest BCUT2D eigenvalue weighted by molar-refractivity contribution is 5.51. The van der Waals surface area contributed by atoms with E-state index in [1.54, 1.807) is 7.11 Å². The summed E-state index contributed by atoms with van der Waals surface area (Å²) in [6.45, 7) is 2.69. The van der Waals surface area contributed by atoms with E-state index >= 15 is 0 Å². The Balaban J connectivity index is 1.75. The number of aryl methyl sites for hydroxylation is 1. The van der Waals surface area contributed by atoms with Gasteiger partial charge < -0.3 is 14.8 Å². The molecule has 3 nitrogen and oxygen atoms in total. The van der Waals surface area contributed by atoms with Crippen molar-refractivity contribution in [1.29, 1.82) is 0 Å². The molecule has 110 valence electrons. The van der Waals surface area contributed by atoms with Crippen molar-refractivity contribution in [3.63, 3.8) is 0 Å². The first-order valence-electron chi connectivity index (χ1n) is 7.46. The third-order valence-corrected chi connectivity index (χ3v) is 3.94. The van der Waals surface area contributed by atoms with Crippen LogP contribution in [0.3, 0.4) is 0 Å². The lowest BCUT2D eigenvalue weighted by Crippen LogP contribution is -2.07. The molecule has 0 saturated heterocycles. The van der Waals surface area contributed by atoms with Gasteiger partial charge in [0.15, 0.2) is 0 Å². The molecule has 2 aromatic carbocycles. The average Bonchev–Trinajstić information content (AvgIpc) is 2.92. The number of hydrogen-bond donors (Lipinski definition) is 1. The molecule has 0 amide bonds. The molecular weight excluding hydrogens is 262 g/mol. The third-order valence-electron chi connectivity index (χ3n) is 3.94. The van der Waals surface area contributed by atoms with Gasteiger partial charge in [-0.15, -0.1) is 0 Å². The van der Waals surface area contributed by atoms with E-state index in [1.165, 1.54) is 11.1 Å². The molecular formula is C18H21NO2. The zero-order valence-electron chi connectivity index (χ0n) is 12.6. The topological polar surface area (TPSA) is 30.5 Å². The highest BCUT2D eigenvalue weighted by Crippen LogP contribution is 2.36. The molecule has 2 aromatic rings. The highest BCUT2D eigenvalue weighted by atomic mass is 16.5. The quantitative estimate of drug-likeness (QED) is 0.892. The van der Waals surface area contributed by atoms with Crippen molar-refractivity contribution in [3.8, 4) is 11.5 Å². The van der Waals surface area contributed by atoms with Gasteiger partial charge in [0.1, 0.15) is 11.5 Å². The van der Waals surface area contributed by atoms with E-state index < -0.39 is 0 Å². The van der Waals surface area contributed by atoms with Crippen molar-refractivity contribution in [3.05, 3.63) is 53.6 Å². The second-order valence-corrected chi connectivity index (χ2v) is 5.26. The molecule has 1 unspecified atom stereocenters. The van der Waals surface area contributed by atoms with Crippen molar-refractivity contribution in [2.45, 2.75) is 25.8 Å².